The molecule has 1 aliphatic rings. The maximum Gasteiger partial charge on any atom is 0.194 e. The number of aromatic nitrogens is 3. The van der Waals surface area contributed by atoms with Gasteiger partial charge < -0.3 is 29.8 Å². The van der Waals surface area contributed by atoms with Crippen LogP contribution in [0.25, 0.3) is 11.0 Å². The van der Waals surface area contributed by atoms with Gasteiger partial charge in [-0.1, -0.05) is 27.7 Å². The van der Waals surface area contributed by atoms with Crippen LogP contribution >= 0.6 is 8.03 Å². The largest absolute Gasteiger partial charge is 0.388 e. The molecule has 1 fully saturated rings. The van der Waals surface area contributed by atoms with E-state index in [0.717, 1.165) is 6.42 Å². The topological polar surface area (TPSA) is 133 Å². The van der Waals surface area contributed by atoms with E-state index < -0.39 is 38.2 Å². The number of nitrogens with two attached hydrogens (primary N) is 1. The highest BCUT2D eigenvalue weighted by molar-refractivity contribution is 7.40. The lowest BCUT2D eigenvalue weighted by atomic mass is 9.88. The molecule has 3 rings (SSSR count). The summed E-state index contributed by atoms with van der Waals surface area (Å²) in [7, 11) is -2.25. The van der Waals surface area contributed by atoms with E-state index in [4.69, 9.17) is 15.0 Å². The Labute approximate surface area is 177 Å². The third-order valence-corrected chi connectivity index (χ3v) is 8.19. The van der Waals surface area contributed by atoms with Crippen LogP contribution in [0, 0.1) is 0 Å². The van der Waals surface area contributed by atoms with E-state index in [1.807, 2.05) is 27.7 Å². The van der Waals surface area contributed by atoms with Gasteiger partial charge in [0.25, 0.3) is 0 Å². The summed E-state index contributed by atoms with van der Waals surface area (Å²) in [4.78, 5) is 8.22. The zero-order valence-electron chi connectivity index (χ0n) is 18.0. The van der Waals surface area contributed by atoms with Crippen LogP contribution in [0.3, 0.4) is 0 Å². The molecule has 0 amide bonds. The van der Waals surface area contributed by atoms with Crippen molar-refractivity contribution in [2.45, 2.75) is 89.2 Å². The summed E-state index contributed by atoms with van der Waals surface area (Å²) in [5, 5.41) is 22.1. The first-order chi connectivity index (χ1) is 14.3. The van der Waals surface area contributed by atoms with Crippen molar-refractivity contribution >= 4 is 24.9 Å². The number of ether oxygens (including phenoxy) is 1. The standard InChI is InChI=1S/C20H33N4O5P/c1-5-12(4)30(27)29-20(6-2,7-3)10-14-15(25)16(26)19(28-14)24-9-8-13-17(21)22-11-23-18(13)24/h8-9,11-12,14-16,19,25-26,30H,5-7,10H2,1-4H3,(H2,21,22,23)/t12?,14-,15?,16-,19?/m1/s1. The van der Waals surface area contributed by atoms with E-state index >= 15 is 0 Å². The molecule has 6 atom stereocenters. The molecule has 0 spiro atoms. The van der Waals surface area contributed by atoms with Gasteiger partial charge >= 0.3 is 0 Å². The molecule has 168 valence electrons. The quantitative estimate of drug-likeness (QED) is 0.507. The maximum absolute atomic E-state index is 12.6. The summed E-state index contributed by atoms with van der Waals surface area (Å²) in [5.41, 5.74) is 5.71. The molecule has 4 N–H and O–H groups in total. The maximum atomic E-state index is 12.6. The first-order valence-electron chi connectivity index (χ1n) is 10.6. The van der Waals surface area contributed by atoms with E-state index in [2.05, 4.69) is 9.97 Å². The predicted octanol–water partition coefficient (Wildman–Crippen LogP) is 2.87. The van der Waals surface area contributed by atoms with Gasteiger partial charge in [-0.15, -0.1) is 0 Å². The lowest BCUT2D eigenvalue weighted by Gasteiger charge is -2.35. The molecular weight excluding hydrogens is 407 g/mol. The molecule has 0 bridgehead atoms. The molecule has 1 saturated heterocycles. The lowest BCUT2D eigenvalue weighted by molar-refractivity contribution is -0.0673. The van der Waals surface area contributed by atoms with Crippen molar-refractivity contribution in [1.29, 1.82) is 0 Å². The van der Waals surface area contributed by atoms with Gasteiger partial charge in [-0.25, -0.2) is 9.97 Å². The second-order valence-electron chi connectivity index (χ2n) is 8.09. The van der Waals surface area contributed by atoms with Crippen LogP contribution in [-0.2, 0) is 13.8 Å². The Morgan fingerprint density at radius 2 is 2.00 bits per heavy atom. The van der Waals surface area contributed by atoms with Crippen LogP contribution in [0.15, 0.2) is 18.6 Å². The molecule has 4 unspecified atom stereocenters. The number of nitrogen functional groups attached to an aromatic ring is 1. The number of rotatable bonds is 9. The average Bonchev–Trinajstić information content (AvgIpc) is 3.29. The SMILES string of the molecule is CCC(C)[PH](=O)OC(CC)(CC)C[C@H]1OC(n2ccc3c(N)ncnc32)[C@H](O)C1O. The molecule has 2 aromatic heterocycles. The molecule has 0 saturated carbocycles. The molecule has 10 heteroatoms. The van der Waals surface area contributed by atoms with Crippen LogP contribution in [0.1, 0.15) is 59.6 Å². The smallest absolute Gasteiger partial charge is 0.194 e. The third-order valence-electron chi connectivity index (χ3n) is 6.35. The first-order valence-corrected chi connectivity index (χ1v) is 12.0. The van der Waals surface area contributed by atoms with Gasteiger partial charge in [-0.3, -0.25) is 4.57 Å². The predicted molar refractivity (Wildman–Crippen MR) is 116 cm³/mol. The number of nitrogens with zero attached hydrogens (tertiary/aromatic N) is 3. The van der Waals surface area contributed by atoms with Crippen LogP contribution in [0.5, 0.6) is 0 Å². The highest BCUT2D eigenvalue weighted by Gasteiger charge is 2.47. The second-order valence-corrected chi connectivity index (χ2v) is 9.92. The summed E-state index contributed by atoms with van der Waals surface area (Å²) in [6, 6.07) is 1.75. The molecule has 3 heterocycles. The van der Waals surface area contributed by atoms with Gasteiger partial charge in [0.15, 0.2) is 14.3 Å². The fourth-order valence-electron chi connectivity index (χ4n) is 3.90. The zero-order chi connectivity index (χ0) is 22.1. The van der Waals surface area contributed by atoms with E-state index in [0.29, 0.717) is 36.1 Å². The molecular formula is C20H33N4O5P. The Morgan fingerprint density at radius 3 is 2.63 bits per heavy atom. The first kappa shape index (κ1) is 23.2. The minimum atomic E-state index is -2.25. The van der Waals surface area contributed by atoms with Crippen LogP contribution < -0.4 is 5.73 Å². The summed E-state index contributed by atoms with van der Waals surface area (Å²) in [6.07, 6.45) is 1.66. The molecule has 0 aliphatic carbocycles. The molecule has 0 radical (unpaired) electrons. The van der Waals surface area contributed by atoms with Crippen LogP contribution in [0.4, 0.5) is 5.82 Å². The van der Waals surface area contributed by atoms with E-state index in [1.54, 1.807) is 16.8 Å². The van der Waals surface area contributed by atoms with Gasteiger partial charge in [0, 0.05) is 18.3 Å². The van der Waals surface area contributed by atoms with Crippen LogP contribution in [-0.4, -0.2) is 54.3 Å². The lowest BCUT2D eigenvalue weighted by Crippen LogP contribution is -2.39. The number of hydrogen-bond acceptors (Lipinski definition) is 8. The third kappa shape index (κ3) is 4.27. The average molecular weight is 440 g/mol. The summed E-state index contributed by atoms with van der Waals surface area (Å²) in [6.45, 7) is 7.86. The fraction of sp³-hybridized carbons (Fsp3) is 0.700. The van der Waals surface area contributed by atoms with Crippen molar-refractivity contribution in [3.05, 3.63) is 18.6 Å². The van der Waals surface area contributed by atoms with Gasteiger partial charge in [0.05, 0.1) is 17.1 Å². The van der Waals surface area contributed by atoms with E-state index in [-0.39, 0.29) is 5.66 Å². The minimum absolute atomic E-state index is 0.0170. The summed E-state index contributed by atoms with van der Waals surface area (Å²) in [5.74, 6) is 0.336. The number of anilines is 1. The van der Waals surface area contributed by atoms with Gasteiger partial charge in [-0.2, -0.15) is 0 Å². The monoisotopic (exact) mass is 440 g/mol. The van der Waals surface area contributed by atoms with Gasteiger partial charge in [-0.05, 0) is 25.3 Å². The van der Waals surface area contributed by atoms with Gasteiger partial charge in [0.2, 0.25) is 0 Å². The number of hydrogen-bond donors (Lipinski definition) is 3. The van der Waals surface area contributed by atoms with Gasteiger partial charge in [0.1, 0.15) is 30.0 Å². The molecule has 1 aliphatic heterocycles. The molecule has 2 aromatic rings. The Kier molecular flexibility index (Phi) is 7.20. The van der Waals surface area contributed by atoms with E-state index in [1.165, 1.54) is 6.33 Å². The second kappa shape index (κ2) is 9.32. The highest BCUT2D eigenvalue weighted by atomic mass is 31.1. The highest BCUT2D eigenvalue weighted by Crippen LogP contribution is 2.44. The Balaban J connectivity index is 1.83. The molecule has 0 aromatic carbocycles. The minimum Gasteiger partial charge on any atom is -0.388 e. The Morgan fingerprint density at radius 1 is 1.30 bits per heavy atom. The van der Waals surface area contributed by atoms with Crippen molar-refractivity contribution in [3.63, 3.8) is 0 Å². The summed E-state index contributed by atoms with van der Waals surface area (Å²) >= 11 is 0. The molecule has 30 heavy (non-hydrogen) atoms. The number of aliphatic hydroxyl groups excluding tert-OH is 2. The van der Waals surface area contributed by atoms with Crippen molar-refractivity contribution in [3.8, 4) is 0 Å². The number of aliphatic hydroxyl groups is 2. The normalized spacial score (nSPS) is 26.9. The number of fused-ring (bicyclic) bond motifs is 1. The van der Waals surface area contributed by atoms with Crippen LogP contribution in [0.2, 0.25) is 0 Å². The van der Waals surface area contributed by atoms with E-state index in [9.17, 15) is 14.8 Å². The molecule has 9 nitrogen and oxygen atoms in total. The van der Waals surface area contributed by atoms with Crippen molar-refractivity contribution in [2.24, 2.45) is 0 Å². The Bertz CT molecular complexity index is 887. The Hall–Kier alpha value is -1.51. The van der Waals surface area contributed by atoms with Crippen molar-refractivity contribution in [1.82, 2.24) is 14.5 Å². The van der Waals surface area contributed by atoms with Crippen molar-refractivity contribution in [2.75, 3.05) is 5.73 Å². The summed E-state index contributed by atoms with van der Waals surface area (Å²) < 4.78 is 26.5. The zero-order valence-corrected chi connectivity index (χ0v) is 19.0. The van der Waals surface area contributed by atoms with Crippen molar-refractivity contribution < 1.29 is 24.0 Å². The fourth-order valence-corrected chi connectivity index (χ4v) is 5.23.